The minimum Gasteiger partial charge on any atom is -0.480 e. The van der Waals surface area contributed by atoms with E-state index in [4.69, 9.17) is 10.2 Å². The number of carboxylic acids is 1. The van der Waals surface area contributed by atoms with Gasteiger partial charge in [-0.1, -0.05) is 6.07 Å². The molecule has 0 spiro atoms. The average Bonchev–Trinajstić information content (AvgIpc) is 2.33. The fourth-order valence-corrected chi connectivity index (χ4v) is 1.44. The molecule has 1 aromatic carbocycles. The van der Waals surface area contributed by atoms with Crippen LogP contribution in [0, 0.1) is 12.7 Å². The third-order valence-corrected chi connectivity index (χ3v) is 2.39. The molecule has 0 saturated heterocycles. The minimum atomic E-state index is -1.27. The molecule has 2 amide bonds. The maximum Gasteiger partial charge on any atom is 0.326 e. The van der Waals surface area contributed by atoms with Gasteiger partial charge in [0.1, 0.15) is 11.9 Å². The molecule has 104 valence electrons. The van der Waals surface area contributed by atoms with Crippen LogP contribution >= 0.6 is 0 Å². The van der Waals surface area contributed by atoms with E-state index < -0.39 is 23.9 Å². The average molecular weight is 270 g/mol. The Balaban J connectivity index is 2.68. The molecule has 1 rings (SSSR count). The normalized spacial score (nSPS) is 11.7. The number of rotatable bonds is 5. The van der Waals surface area contributed by atoms with E-state index in [1.165, 1.54) is 12.1 Å². The summed E-state index contributed by atoms with van der Waals surface area (Å²) in [4.78, 5) is 22.3. The van der Waals surface area contributed by atoms with Crippen molar-refractivity contribution in [2.45, 2.75) is 19.4 Å². The van der Waals surface area contributed by atoms with Crippen molar-refractivity contribution in [3.63, 3.8) is 0 Å². The molecule has 0 radical (unpaired) electrons. The van der Waals surface area contributed by atoms with Gasteiger partial charge in [-0.05, 0) is 24.6 Å². The standard InChI is InChI=1S/C12H15FN2O4/c1-7-2-3-8(13)10(6-7)15-12(19)14-9(4-5-16)11(17)18/h2-3,6,9,16H,4-5H2,1H3,(H,17,18)(H2,14,15,19)/t9-/m1/s1. The van der Waals surface area contributed by atoms with Crippen LogP contribution in [0.1, 0.15) is 12.0 Å². The summed E-state index contributed by atoms with van der Waals surface area (Å²) >= 11 is 0. The molecule has 0 unspecified atom stereocenters. The van der Waals surface area contributed by atoms with E-state index in [-0.39, 0.29) is 18.7 Å². The Labute approximate surface area is 109 Å². The number of carbonyl (C=O) groups is 2. The number of aliphatic hydroxyl groups is 1. The van der Waals surface area contributed by atoms with Crippen molar-refractivity contribution in [3.05, 3.63) is 29.6 Å². The van der Waals surface area contributed by atoms with E-state index in [2.05, 4.69) is 10.6 Å². The molecule has 0 saturated carbocycles. The number of urea groups is 1. The lowest BCUT2D eigenvalue weighted by Crippen LogP contribution is -2.43. The smallest absolute Gasteiger partial charge is 0.326 e. The van der Waals surface area contributed by atoms with Crippen LogP contribution in [0.4, 0.5) is 14.9 Å². The Morgan fingerprint density at radius 1 is 1.42 bits per heavy atom. The monoisotopic (exact) mass is 270 g/mol. The van der Waals surface area contributed by atoms with Crippen molar-refractivity contribution < 1.29 is 24.2 Å². The van der Waals surface area contributed by atoms with Gasteiger partial charge >= 0.3 is 12.0 Å². The molecular formula is C12H15FN2O4. The van der Waals surface area contributed by atoms with Gasteiger partial charge in [0.2, 0.25) is 0 Å². The van der Waals surface area contributed by atoms with Crippen LogP contribution in [0.2, 0.25) is 0 Å². The first-order chi connectivity index (χ1) is 8.93. The van der Waals surface area contributed by atoms with Crippen molar-refractivity contribution in [1.82, 2.24) is 5.32 Å². The number of hydrogen-bond donors (Lipinski definition) is 4. The zero-order valence-electron chi connectivity index (χ0n) is 10.3. The molecule has 19 heavy (non-hydrogen) atoms. The lowest BCUT2D eigenvalue weighted by atomic mass is 10.2. The summed E-state index contributed by atoms with van der Waals surface area (Å²) < 4.78 is 13.4. The SMILES string of the molecule is Cc1ccc(F)c(NC(=O)N[C@H](CCO)C(=O)O)c1. The van der Waals surface area contributed by atoms with Gasteiger partial charge in [0.25, 0.3) is 0 Å². The molecule has 4 N–H and O–H groups in total. The molecule has 7 heteroatoms. The van der Waals surface area contributed by atoms with Crippen molar-refractivity contribution >= 4 is 17.7 Å². The van der Waals surface area contributed by atoms with Gasteiger partial charge in [0.05, 0.1) is 5.69 Å². The van der Waals surface area contributed by atoms with Gasteiger partial charge < -0.3 is 20.8 Å². The highest BCUT2D eigenvalue weighted by Crippen LogP contribution is 2.15. The van der Waals surface area contributed by atoms with Gasteiger partial charge in [-0.15, -0.1) is 0 Å². The maximum absolute atomic E-state index is 13.4. The van der Waals surface area contributed by atoms with Gasteiger partial charge in [-0.2, -0.15) is 0 Å². The van der Waals surface area contributed by atoms with Crippen molar-refractivity contribution in [3.8, 4) is 0 Å². The molecule has 0 bridgehead atoms. The van der Waals surface area contributed by atoms with E-state index in [1.807, 2.05) is 0 Å². The fourth-order valence-electron chi connectivity index (χ4n) is 1.44. The number of amides is 2. The van der Waals surface area contributed by atoms with Crippen LogP contribution in [0.15, 0.2) is 18.2 Å². The van der Waals surface area contributed by atoms with E-state index in [0.29, 0.717) is 0 Å². The molecule has 1 atom stereocenters. The van der Waals surface area contributed by atoms with Crippen LogP contribution in [0.25, 0.3) is 0 Å². The topological polar surface area (TPSA) is 98.7 Å². The van der Waals surface area contributed by atoms with Crippen LogP contribution < -0.4 is 10.6 Å². The molecule has 0 aromatic heterocycles. The Hall–Kier alpha value is -2.15. The zero-order chi connectivity index (χ0) is 14.4. The molecule has 0 fully saturated rings. The molecule has 0 aliphatic carbocycles. The first-order valence-electron chi connectivity index (χ1n) is 5.61. The molecule has 6 nitrogen and oxygen atoms in total. The van der Waals surface area contributed by atoms with Crippen molar-refractivity contribution in [1.29, 1.82) is 0 Å². The third kappa shape index (κ3) is 4.55. The van der Waals surface area contributed by atoms with Crippen LogP contribution in [0.3, 0.4) is 0 Å². The summed E-state index contributed by atoms with van der Waals surface area (Å²) in [5.74, 6) is -1.89. The lowest BCUT2D eigenvalue weighted by Gasteiger charge is -2.14. The highest BCUT2D eigenvalue weighted by atomic mass is 19.1. The Bertz CT molecular complexity index is 479. The number of nitrogens with one attached hydrogen (secondary N) is 2. The maximum atomic E-state index is 13.4. The zero-order valence-corrected chi connectivity index (χ0v) is 10.3. The van der Waals surface area contributed by atoms with Crippen LogP contribution in [-0.4, -0.2) is 34.9 Å². The lowest BCUT2D eigenvalue weighted by molar-refractivity contribution is -0.139. The highest BCUT2D eigenvalue weighted by Gasteiger charge is 2.19. The van der Waals surface area contributed by atoms with Gasteiger partial charge in [-0.25, -0.2) is 14.0 Å². The second kappa shape index (κ2) is 6.69. The summed E-state index contributed by atoms with van der Waals surface area (Å²) in [6, 6.07) is 2.11. The molecule has 0 heterocycles. The fraction of sp³-hybridized carbons (Fsp3) is 0.333. The largest absolute Gasteiger partial charge is 0.480 e. The highest BCUT2D eigenvalue weighted by molar-refractivity contribution is 5.92. The number of hydrogen-bond acceptors (Lipinski definition) is 3. The summed E-state index contributed by atoms with van der Waals surface area (Å²) in [7, 11) is 0. The first kappa shape index (κ1) is 14.9. The van der Waals surface area contributed by atoms with Crippen molar-refractivity contribution in [2.24, 2.45) is 0 Å². The minimum absolute atomic E-state index is 0.0364. The van der Waals surface area contributed by atoms with E-state index in [1.54, 1.807) is 13.0 Å². The van der Waals surface area contributed by atoms with E-state index in [9.17, 15) is 14.0 Å². The number of aliphatic carboxylic acids is 1. The van der Waals surface area contributed by atoms with E-state index >= 15 is 0 Å². The number of halogens is 1. The van der Waals surface area contributed by atoms with Crippen LogP contribution in [0.5, 0.6) is 0 Å². The summed E-state index contributed by atoms with van der Waals surface area (Å²) in [6.07, 6.45) is -0.126. The third-order valence-electron chi connectivity index (χ3n) is 2.39. The number of benzene rings is 1. The Morgan fingerprint density at radius 2 is 2.11 bits per heavy atom. The molecular weight excluding hydrogens is 255 g/mol. The number of aryl methyl sites for hydroxylation is 1. The predicted octanol–water partition coefficient (Wildman–Crippen LogP) is 1.09. The Morgan fingerprint density at radius 3 is 2.68 bits per heavy atom. The number of carboxylic acid groups (broad SMARTS) is 1. The van der Waals surface area contributed by atoms with E-state index in [0.717, 1.165) is 5.56 Å². The molecule has 0 aliphatic heterocycles. The van der Waals surface area contributed by atoms with Gasteiger partial charge in [0, 0.05) is 13.0 Å². The number of anilines is 1. The first-order valence-corrected chi connectivity index (χ1v) is 5.61. The van der Waals surface area contributed by atoms with Crippen LogP contribution in [-0.2, 0) is 4.79 Å². The summed E-state index contributed by atoms with van der Waals surface area (Å²) in [6.45, 7) is 1.35. The quantitative estimate of drug-likeness (QED) is 0.643. The van der Waals surface area contributed by atoms with Gasteiger partial charge in [0.15, 0.2) is 0 Å². The van der Waals surface area contributed by atoms with Crippen molar-refractivity contribution in [2.75, 3.05) is 11.9 Å². The number of aliphatic hydroxyl groups excluding tert-OH is 1. The Kier molecular flexibility index (Phi) is 5.25. The summed E-state index contributed by atoms with van der Waals surface area (Å²) in [5, 5.41) is 21.8. The second-order valence-corrected chi connectivity index (χ2v) is 3.98. The second-order valence-electron chi connectivity index (χ2n) is 3.98. The van der Waals surface area contributed by atoms with Gasteiger partial charge in [-0.3, -0.25) is 0 Å². The predicted molar refractivity (Wildman–Crippen MR) is 66.4 cm³/mol. The molecule has 1 aromatic rings. The molecule has 0 aliphatic rings. The number of carbonyl (C=O) groups excluding carboxylic acids is 1. The summed E-state index contributed by atoms with van der Waals surface area (Å²) in [5.41, 5.74) is 0.715.